The molecule has 1 fully saturated rings. The molecule has 0 spiro atoms. The largest absolute Gasteiger partial charge is 0.508 e. The fourth-order valence-corrected chi connectivity index (χ4v) is 2.61. The van der Waals surface area contributed by atoms with Gasteiger partial charge in [0.05, 0.1) is 0 Å². The van der Waals surface area contributed by atoms with Gasteiger partial charge in [0.15, 0.2) is 0 Å². The summed E-state index contributed by atoms with van der Waals surface area (Å²) >= 11 is 0. The Kier molecular flexibility index (Phi) is 4.10. The van der Waals surface area contributed by atoms with E-state index >= 15 is 0 Å². The van der Waals surface area contributed by atoms with Crippen molar-refractivity contribution >= 4 is 5.91 Å². The number of piperidine rings is 1. The molecular weight excluding hydrogens is 240 g/mol. The number of carbonyl (C=O) groups excluding carboxylic acids is 1. The fourth-order valence-electron chi connectivity index (χ4n) is 2.61. The van der Waals surface area contributed by atoms with Crippen LogP contribution in [0.25, 0.3) is 0 Å². The molecule has 1 aromatic rings. The van der Waals surface area contributed by atoms with E-state index < -0.39 is 0 Å². The van der Waals surface area contributed by atoms with Gasteiger partial charge in [0.25, 0.3) is 5.91 Å². The maximum absolute atomic E-state index is 12.4. The molecule has 0 radical (unpaired) electrons. The first-order chi connectivity index (χ1) is 9.02. The summed E-state index contributed by atoms with van der Waals surface area (Å²) in [5.41, 5.74) is 7.14. The lowest BCUT2D eigenvalue weighted by molar-refractivity contribution is 0.0618. The third-order valence-corrected chi connectivity index (χ3v) is 4.15. The lowest BCUT2D eigenvalue weighted by Crippen LogP contribution is -2.45. The van der Waals surface area contributed by atoms with Crippen LogP contribution in [0.1, 0.15) is 29.3 Å². The second kappa shape index (κ2) is 5.61. The maximum Gasteiger partial charge on any atom is 0.253 e. The lowest BCUT2D eigenvalue weighted by Gasteiger charge is -2.36. The first-order valence-electron chi connectivity index (χ1n) is 6.82. The topological polar surface area (TPSA) is 66.6 Å². The highest BCUT2D eigenvalue weighted by Gasteiger charge is 2.28. The Morgan fingerprint density at radius 3 is 2.89 bits per heavy atom. The van der Waals surface area contributed by atoms with E-state index in [-0.39, 0.29) is 11.7 Å². The Labute approximate surface area is 114 Å². The number of amides is 1. The molecule has 0 saturated carbocycles. The van der Waals surface area contributed by atoms with Gasteiger partial charge < -0.3 is 15.7 Å². The van der Waals surface area contributed by atoms with E-state index in [9.17, 15) is 9.90 Å². The van der Waals surface area contributed by atoms with Crippen molar-refractivity contribution in [1.82, 2.24) is 4.90 Å². The van der Waals surface area contributed by atoms with Crippen LogP contribution < -0.4 is 5.73 Å². The van der Waals surface area contributed by atoms with Crippen LogP contribution in [0, 0.1) is 18.8 Å². The van der Waals surface area contributed by atoms with Crippen molar-refractivity contribution in [2.45, 2.75) is 20.3 Å². The molecule has 1 amide bonds. The second-order valence-corrected chi connectivity index (χ2v) is 5.51. The number of aryl methyl sites for hydroxylation is 1. The van der Waals surface area contributed by atoms with Crippen molar-refractivity contribution in [3.63, 3.8) is 0 Å². The predicted molar refractivity (Wildman–Crippen MR) is 75.1 cm³/mol. The number of nitrogens with zero attached hydrogens (tertiary/aromatic N) is 1. The summed E-state index contributed by atoms with van der Waals surface area (Å²) in [4.78, 5) is 14.3. The number of rotatable bonds is 2. The molecule has 0 aliphatic carbocycles. The van der Waals surface area contributed by atoms with Gasteiger partial charge in [-0.25, -0.2) is 0 Å². The number of phenolic OH excluding ortho intramolecular Hbond substituents is 1. The zero-order chi connectivity index (χ0) is 14.0. The number of likely N-dealkylation sites (tertiary alicyclic amines) is 1. The Balaban J connectivity index is 2.13. The van der Waals surface area contributed by atoms with Gasteiger partial charge in [0.1, 0.15) is 5.75 Å². The molecule has 4 heteroatoms. The average Bonchev–Trinajstić information content (AvgIpc) is 2.41. The maximum atomic E-state index is 12.4. The number of hydrogen-bond acceptors (Lipinski definition) is 3. The van der Waals surface area contributed by atoms with E-state index in [1.807, 2.05) is 4.90 Å². The Hall–Kier alpha value is -1.55. The van der Waals surface area contributed by atoms with Gasteiger partial charge in [-0.2, -0.15) is 0 Å². The summed E-state index contributed by atoms with van der Waals surface area (Å²) in [6.45, 7) is 6.14. The molecule has 2 atom stereocenters. The van der Waals surface area contributed by atoms with Crippen molar-refractivity contribution < 1.29 is 9.90 Å². The highest BCUT2D eigenvalue weighted by molar-refractivity contribution is 5.94. The standard InChI is InChI=1S/C15H22N2O2/c1-10-5-6-17(9-13(10)8-16)15(19)12-3-4-14(18)11(2)7-12/h3-4,7,10,13,18H,5-6,8-9,16H2,1-2H3. The van der Waals surface area contributed by atoms with Gasteiger partial charge in [0.2, 0.25) is 0 Å². The van der Waals surface area contributed by atoms with Gasteiger partial charge >= 0.3 is 0 Å². The molecule has 3 N–H and O–H groups in total. The first kappa shape index (κ1) is 13.9. The molecule has 0 bridgehead atoms. The van der Waals surface area contributed by atoms with Crippen LogP contribution in [0.5, 0.6) is 5.75 Å². The van der Waals surface area contributed by atoms with E-state index in [4.69, 9.17) is 5.73 Å². The number of aromatic hydroxyl groups is 1. The zero-order valence-corrected chi connectivity index (χ0v) is 11.6. The second-order valence-electron chi connectivity index (χ2n) is 5.51. The van der Waals surface area contributed by atoms with Crippen LogP contribution in [0.2, 0.25) is 0 Å². The summed E-state index contributed by atoms with van der Waals surface area (Å²) < 4.78 is 0. The SMILES string of the molecule is Cc1cc(C(=O)N2CCC(C)C(CN)C2)ccc1O. The Bertz CT molecular complexity index is 473. The number of benzene rings is 1. The van der Waals surface area contributed by atoms with Crippen molar-refractivity contribution in [3.8, 4) is 5.75 Å². The minimum absolute atomic E-state index is 0.0356. The van der Waals surface area contributed by atoms with E-state index in [0.717, 1.165) is 25.1 Å². The minimum atomic E-state index is 0.0356. The molecule has 1 aliphatic heterocycles. The van der Waals surface area contributed by atoms with Gasteiger partial charge in [-0.1, -0.05) is 6.92 Å². The van der Waals surface area contributed by atoms with Crippen LogP contribution in [-0.4, -0.2) is 35.5 Å². The van der Waals surface area contributed by atoms with Crippen LogP contribution in [0.4, 0.5) is 0 Å². The third-order valence-electron chi connectivity index (χ3n) is 4.15. The van der Waals surface area contributed by atoms with E-state index in [2.05, 4.69) is 6.92 Å². The van der Waals surface area contributed by atoms with Crippen LogP contribution in [0.3, 0.4) is 0 Å². The van der Waals surface area contributed by atoms with Gasteiger partial charge in [-0.05, 0) is 55.5 Å². The molecule has 4 nitrogen and oxygen atoms in total. The number of carbonyl (C=O) groups is 1. The molecule has 2 rings (SSSR count). The summed E-state index contributed by atoms with van der Waals surface area (Å²) in [7, 11) is 0. The Morgan fingerprint density at radius 2 is 2.26 bits per heavy atom. The van der Waals surface area contributed by atoms with Crippen molar-refractivity contribution in [1.29, 1.82) is 0 Å². The smallest absolute Gasteiger partial charge is 0.253 e. The number of nitrogens with two attached hydrogens (primary N) is 1. The van der Waals surface area contributed by atoms with Crippen molar-refractivity contribution in [2.75, 3.05) is 19.6 Å². The summed E-state index contributed by atoms with van der Waals surface area (Å²) in [6, 6.07) is 5.00. The normalized spacial score (nSPS) is 23.4. The molecule has 0 aromatic heterocycles. The average molecular weight is 262 g/mol. The first-order valence-corrected chi connectivity index (χ1v) is 6.82. The number of hydrogen-bond donors (Lipinski definition) is 2. The zero-order valence-electron chi connectivity index (χ0n) is 11.6. The van der Waals surface area contributed by atoms with E-state index in [1.54, 1.807) is 25.1 Å². The highest BCUT2D eigenvalue weighted by atomic mass is 16.3. The molecule has 1 saturated heterocycles. The monoisotopic (exact) mass is 262 g/mol. The minimum Gasteiger partial charge on any atom is -0.508 e. The molecule has 2 unspecified atom stereocenters. The summed E-state index contributed by atoms with van der Waals surface area (Å²) in [5, 5.41) is 9.51. The van der Waals surface area contributed by atoms with Crippen molar-refractivity contribution in [3.05, 3.63) is 29.3 Å². The van der Waals surface area contributed by atoms with Crippen LogP contribution in [-0.2, 0) is 0 Å². The third kappa shape index (κ3) is 2.89. The fraction of sp³-hybridized carbons (Fsp3) is 0.533. The van der Waals surface area contributed by atoms with E-state index in [0.29, 0.717) is 23.9 Å². The summed E-state index contributed by atoms with van der Waals surface area (Å²) in [6.07, 6.45) is 1.00. The quantitative estimate of drug-likeness (QED) is 0.853. The number of phenols is 1. The van der Waals surface area contributed by atoms with Gasteiger partial charge in [-0.15, -0.1) is 0 Å². The highest BCUT2D eigenvalue weighted by Crippen LogP contribution is 2.24. The van der Waals surface area contributed by atoms with Crippen LogP contribution in [0.15, 0.2) is 18.2 Å². The summed E-state index contributed by atoms with van der Waals surface area (Å²) in [5.74, 6) is 1.23. The van der Waals surface area contributed by atoms with Gasteiger partial charge in [-0.3, -0.25) is 4.79 Å². The Morgan fingerprint density at radius 1 is 1.53 bits per heavy atom. The molecule has 1 aromatic carbocycles. The lowest BCUT2D eigenvalue weighted by atomic mass is 9.87. The van der Waals surface area contributed by atoms with Crippen LogP contribution >= 0.6 is 0 Å². The van der Waals surface area contributed by atoms with E-state index in [1.165, 1.54) is 0 Å². The molecule has 104 valence electrons. The van der Waals surface area contributed by atoms with Gasteiger partial charge in [0, 0.05) is 18.7 Å². The predicted octanol–water partition coefficient (Wildman–Crippen LogP) is 1.76. The van der Waals surface area contributed by atoms with Crippen molar-refractivity contribution in [2.24, 2.45) is 17.6 Å². The molecule has 19 heavy (non-hydrogen) atoms. The molecule has 1 aliphatic rings. The molecular formula is C15H22N2O2. The molecule has 1 heterocycles.